The summed E-state index contributed by atoms with van der Waals surface area (Å²) in [5.74, 6) is 1.05. The number of rotatable bonds is 5. The zero-order valence-corrected chi connectivity index (χ0v) is 18.5. The lowest BCUT2D eigenvalue weighted by Crippen LogP contribution is -2.29. The Labute approximate surface area is 185 Å². The van der Waals surface area contributed by atoms with E-state index in [9.17, 15) is 9.59 Å². The topological polar surface area (TPSA) is 66.7 Å². The highest BCUT2D eigenvalue weighted by atomic mass is 32.2. The van der Waals surface area contributed by atoms with Crippen LogP contribution in [-0.4, -0.2) is 37.1 Å². The molecule has 1 N–H and O–H groups in total. The van der Waals surface area contributed by atoms with Crippen LogP contribution in [0.2, 0.25) is 0 Å². The molecule has 0 spiro atoms. The summed E-state index contributed by atoms with van der Waals surface area (Å²) in [6.07, 6.45) is 9.34. The van der Waals surface area contributed by atoms with Crippen molar-refractivity contribution in [2.75, 3.05) is 11.9 Å². The van der Waals surface area contributed by atoms with Gasteiger partial charge in [-0.15, -0.1) is 6.58 Å². The highest BCUT2D eigenvalue weighted by Crippen LogP contribution is 2.33. The van der Waals surface area contributed by atoms with Gasteiger partial charge >= 0.3 is 0 Å². The number of pyridine rings is 1. The van der Waals surface area contributed by atoms with Crippen molar-refractivity contribution in [1.29, 1.82) is 0 Å². The lowest BCUT2D eigenvalue weighted by Gasteiger charge is -2.27. The molecule has 1 amide bonds. The van der Waals surface area contributed by atoms with Crippen molar-refractivity contribution in [3.05, 3.63) is 57.9 Å². The molecule has 0 aromatic carbocycles. The molecule has 6 nitrogen and oxygen atoms in total. The number of hydrogen-bond donors (Lipinski definition) is 1. The maximum absolute atomic E-state index is 13.3. The molecule has 30 heavy (non-hydrogen) atoms. The molecule has 4 rings (SSSR count). The minimum atomic E-state index is -0.208. The van der Waals surface area contributed by atoms with Gasteiger partial charge in [0.15, 0.2) is 0 Å². The van der Waals surface area contributed by atoms with Gasteiger partial charge in [-0.2, -0.15) is 0 Å². The van der Waals surface area contributed by atoms with Crippen LogP contribution >= 0.6 is 24.0 Å². The summed E-state index contributed by atoms with van der Waals surface area (Å²) in [6.45, 7) is 6.30. The van der Waals surface area contributed by atoms with Gasteiger partial charge in [-0.1, -0.05) is 43.0 Å². The number of carbonyl (C=O) groups excluding carboxylic acids is 1. The zero-order valence-electron chi connectivity index (χ0n) is 16.8. The predicted octanol–water partition coefficient (Wildman–Crippen LogP) is 4.07. The lowest BCUT2D eigenvalue weighted by molar-refractivity contribution is -0.121. The summed E-state index contributed by atoms with van der Waals surface area (Å²) in [7, 11) is 0. The van der Waals surface area contributed by atoms with Crippen LogP contribution in [-0.2, 0) is 4.79 Å². The number of fused-ring (bicyclic) bond motifs is 1. The summed E-state index contributed by atoms with van der Waals surface area (Å²) in [4.78, 5) is 32.7. The van der Waals surface area contributed by atoms with Crippen molar-refractivity contribution in [2.45, 2.75) is 38.6 Å². The smallest absolute Gasteiger partial charge is 0.267 e. The second kappa shape index (κ2) is 8.73. The third-order valence-corrected chi connectivity index (χ3v) is 6.96. The van der Waals surface area contributed by atoms with Crippen molar-refractivity contribution in [1.82, 2.24) is 14.3 Å². The van der Waals surface area contributed by atoms with Crippen molar-refractivity contribution in [3.63, 3.8) is 0 Å². The average Bonchev–Trinajstić information content (AvgIpc) is 3.00. The van der Waals surface area contributed by atoms with E-state index in [4.69, 9.17) is 17.2 Å². The first kappa shape index (κ1) is 20.8. The summed E-state index contributed by atoms with van der Waals surface area (Å²) in [5, 5.41) is 3.49. The number of anilines is 1. The van der Waals surface area contributed by atoms with Gasteiger partial charge in [-0.05, 0) is 49.8 Å². The van der Waals surface area contributed by atoms with E-state index in [2.05, 4.69) is 18.8 Å². The molecule has 0 unspecified atom stereocenters. The van der Waals surface area contributed by atoms with E-state index < -0.39 is 0 Å². The number of hydrogen-bond acceptors (Lipinski definition) is 6. The summed E-state index contributed by atoms with van der Waals surface area (Å²) < 4.78 is 1.97. The van der Waals surface area contributed by atoms with E-state index in [0.29, 0.717) is 32.8 Å². The molecule has 2 aromatic rings. The number of amides is 1. The van der Waals surface area contributed by atoms with E-state index in [1.165, 1.54) is 21.1 Å². The second-order valence-corrected chi connectivity index (χ2v) is 9.47. The highest BCUT2D eigenvalue weighted by Gasteiger charge is 2.32. The number of nitrogens with one attached hydrogen (secondary N) is 1. The van der Waals surface area contributed by atoms with Crippen LogP contribution < -0.4 is 10.9 Å². The summed E-state index contributed by atoms with van der Waals surface area (Å²) in [6, 6.07) is 5.72. The molecule has 1 aliphatic carbocycles. The first-order valence-electron chi connectivity index (χ1n) is 10.1. The molecular weight excluding hydrogens is 416 g/mol. The lowest BCUT2D eigenvalue weighted by atomic mass is 9.87. The Kier molecular flexibility index (Phi) is 6.06. The monoisotopic (exact) mass is 440 g/mol. The molecule has 1 saturated heterocycles. The molecule has 1 aliphatic heterocycles. The predicted molar refractivity (Wildman–Crippen MR) is 127 cm³/mol. The Balaban J connectivity index is 1.76. The summed E-state index contributed by atoms with van der Waals surface area (Å²) in [5.41, 5.74) is 0.753. The van der Waals surface area contributed by atoms with Gasteiger partial charge in [0, 0.05) is 18.8 Å². The zero-order chi connectivity index (χ0) is 21.3. The SMILES string of the molecule is C=CCN1C(=O)C(=Cc2c(NC3CCC(C)CC3)nc3ccccn3c2=O)SC1=S. The second-order valence-electron chi connectivity index (χ2n) is 7.79. The van der Waals surface area contributed by atoms with Crippen LogP contribution in [0.4, 0.5) is 5.82 Å². The Hall–Kier alpha value is -2.45. The highest BCUT2D eigenvalue weighted by molar-refractivity contribution is 8.26. The van der Waals surface area contributed by atoms with Crippen LogP contribution in [0.25, 0.3) is 11.7 Å². The number of aromatic nitrogens is 2. The fourth-order valence-corrected chi connectivity index (χ4v) is 5.12. The first-order valence-corrected chi connectivity index (χ1v) is 11.3. The van der Waals surface area contributed by atoms with E-state index >= 15 is 0 Å². The van der Waals surface area contributed by atoms with Crippen LogP contribution in [0.15, 0.2) is 46.8 Å². The third-order valence-electron chi connectivity index (χ3n) is 5.59. The van der Waals surface area contributed by atoms with E-state index in [0.717, 1.165) is 31.6 Å². The summed E-state index contributed by atoms with van der Waals surface area (Å²) >= 11 is 6.53. The normalized spacial score (nSPS) is 23.4. The van der Waals surface area contributed by atoms with E-state index in [-0.39, 0.29) is 17.5 Å². The third kappa shape index (κ3) is 4.06. The van der Waals surface area contributed by atoms with Gasteiger partial charge in [-0.25, -0.2) is 4.98 Å². The Morgan fingerprint density at radius 1 is 1.30 bits per heavy atom. The molecule has 0 radical (unpaired) electrons. The van der Waals surface area contributed by atoms with Gasteiger partial charge < -0.3 is 5.32 Å². The molecule has 0 bridgehead atoms. The molecular formula is C22H24N4O2S2. The van der Waals surface area contributed by atoms with Crippen LogP contribution in [0, 0.1) is 5.92 Å². The molecule has 156 valence electrons. The maximum Gasteiger partial charge on any atom is 0.267 e. The average molecular weight is 441 g/mol. The van der Waals surface area contributed by atoms with Crippen molar-refractivity contribution >= 4 is 51.7 Å². The van der Waals surface area contributed by atoms with Crippen LogP contribution in [0.1, 0.15) is 38.2 Å². The van der Waals surface area contributed by atoms with Crippen molar-refractivity contribution in [2.24, 2.45) is 5.92 Å². The van der Waals surface area contributed by atoms with Crippen LogP contribution in [0.5, 0.6) is 0 Å². The fraction of sp³-hybridized carbons (Fsp3) is 0.364. The van der Waals surface area contributed by atoms with Crippen molar-refractivity contribution < 1.29 is 4.79 Å². The molecule has 3 heterocycles. The van der Waals surface area contributed by atoms with Gasteiger partial charge in [0.25, 0.3) is 11.5 Å². The fourth-order valence-electron chi connectivity index (χ4n) is 3.86. The Morgan fingerprint density at radius 3 is 2.80 bits per heavy atom. The van der Waals surface area contributed by atoms with Gasteiger partial charge in [0.05, 0.1) is 10.5 Å². The molecule has 2 aromatic heterocycles. The van der Waals surface area contributed by atoms with Crippen molar-refractivity contribution in [3.8, 4) is 0 Å². The quantitative estimate of drug-likeness (QED) is 0.429. The van der Waals surface area contributed by atoms with Gasteiger partial charge in [-0.3, -0.25) is 18.9 Å². The maximum atomic E-state index is 13.3. The molecule has 2 fully saturated rings. The number of carbonyl (C=O) groups is 1. The number of thiocarbonyl (C=S) groups is 1. The Bertz CT molecular complexity index is 1100. The van der Waals surface area contributed by atoms with Gasteiger partial charge in [0.2, 0.25) is 0 Å². The molecule has 0 atom stereocenters. The first-order chi connectivity index (χ1) is 14.5. The van der Waals surface area contributed by atoms with Crippen LogP contribution in [0.3, 0.4) is 0 Å². The Morgan fingerprint density at radius 2 is 2.07 bits per heavy atom. The standard InChI is InChI=1S/C22H24N4O2S2/c1-3-11-26-21(28)17(30-22(26)29)13-16-19(23-15-9-7-14(2)8-10-15)24-18-6-4-5-12-25(18)20(16)27/h3-6,12-15,23H,1,7-11H2,2H3. The number of nitrogens with zero attached hydrogens (tertiary/aromatic N) is 3. The van der Waals surface area contributed by atoms with E-state index in [1.807, 2.05) is 12.1 Å². The number of thioether (sulfide) groups is 1. The molecule has 1 saturated carbocycles. The largest absolute Gasteiger partial charge is 0.367 e. The molecule has 8 heteroatoms. The minimum absolute atomic E-state index is 0.207. The van der Waals surface area contributed by atoms with Gasteiger partial charge in [0.1, 0.15) is 15.8 Å². The minimum Gasteiger partial charge on any atom is -0.367 e. The molecule has 2 aliphatic rings. The van der Waals surface area contributed by atoms with E-state index in [1.54, 1.807) is 24.4 Å².